The molecule has 1 aromatic heterocycles. The number of allylic oxidation sites excluding steroid dienone is 1. The van der Waals surface area contributed by atoms with Gasteiger partial charge in [-0.1, -0.05) is 23.8 Å². The summed E-state index contributed by atoms with van der Waals surface area (Å²) in [5, 5.41) is 11.1. The van der Waals surface area contributed by atoms with E-state index in [-0.39, 0.29) is 23.4 Å². The molecule has 3 rings (SSSR count). The molecule has 0 saturated carbocycles. The van der Waals surface area contributed by atoms with E-state index in [1.165, 1.54) is 31.5 Å². The van der Waals surface area contributed by atoms with Crippen molar-refractivity contribution in [1.82, 2.24) is 24.6 Å². The number of aromatic nitrogens is 3. The highest BCUT2D eigenvalue weighted by molar-refractivity contribution is 7.89. The largest absolute Gasteiger partial charge is 0.355 e. The van der Waals surface area contributed by atoms with Gasteiger partial charge < -0.3 is 5.32 Å². The fourth-order valence-corrected chi connectivity index (χ4v) is 4.75. The summed E-state index contributed by atoms with van der Waals surface area (Å²) in [6, 6.07) is 4.96. The molecule has 0 spiro atoms. The van der Waals surface area contributed by atoms with Gasteiger partial charge in [0.1, 0.15) is 5.52 Å². The first kappa shape index (κ1) is 22.4. The summed E-state index contributed by atoms with van der Waals surface area (Å²) in [6.45, 7) is 4.40. The van der Waals surface area contributed by atoms with E-state index >= 15 is 0 Å². The Hall–Kier alpha value is -2.26. The molecule has 0 unspecified atom stereocenters. The predicted molar refractivity (Wildman–Crippen MR) is 117 cm³/mol. The molecule has 1 aromatic carbocycles. The van der Waals surface area contributed by atoms with E-state index in [0.29, 0.717) is 12.1 Å². The maximum Gasteiger partial charge on any atom is 0.243 e. The van der Waals surface area contributed by atoms with Gasteiger partial charge in [0.25, 0.3) is 0 Å². The first-order valence-electron chi connectivity index (χ1n) is 10.6. The van der Waals surface area contributed by atoms with Gasteiger partial charge in [0.05, 0.1) is 23.0 Å². The Morgan fingerprint density at radius 1 is 1.33 bits per heavy atom. The molecular weight excluding hydrogens is 402 g/mol. The number of rotatable bonds is 9. The lowest BCUT2D eigenvalue weighted by atomic mass is 9.97. The molecule has 2 aromatic rings. The lowest BCUT2D eigenvalue weighted by molar-refractivity contribution is -0.121. The average molecular weight is 434 g/mol. The molecule has 1 heterocycles. The van der Waals surface area contributed by atoms with Crippen molar-refractivity contribution >= 4 is 27.0 Å². The zero-order valence-electron chi connectivity index (χ0n) is 18.0. The molecule has 9 heteroatoms. The van der Waals surface area contributed by atoms with Crippen LogP contribution in [0.3, 0.4) is 0 Å². The van der Waals surface area contributed by atoms with Crippen LogP contribution in [0.5, 0.6) is 0 Å². The summed E-state index contributed by atoms with van der Waals surface area (Å²) < 4.78 is 28.7. The summed E-state index contributed by atoms with van der Waals surface area (Å²) >= 11 is 0. The van der Waals surface area contributed by atoms with Gasteiger partial charge in [0.15, 0.2) is 0 Å². The molecule has 8 nitrogen and oxygen atoms in total. The maximum absolute atomic E-state index is 12.9. The second kappa shape index (κ2) is 9.70. The lowest BCUT2D eigenvalue weighted by Gasteiger charge is -2.18. The van der Waals surface area contributed by atoms with E-state index in [9.17, 15) is 13.2 Å². The molecule has 1 aliphatic carbocycles. The van der Waals surface area contributed by atoms with E-state index < -0.39 is 10.0 Å². The number of amides is 1. The molecular formula is C21H31N5O3S. The Labute approximate surface area is 178 Å². The fraction of sp³-hybridized carbons (Fsp3) is 0.571. The molecule has 0 saturated heterocycles. The molecule has 1 N–H and O–H groups in total. The SMILES string of the molecule is CC[C@H](C)n1nnc2cc(S(=O)(=O)N(C)CC(=O)NCCC3=CCCCC3)ccc21. The fourth-order valence-electron chi connectivity index (χ4n) is 3.60. The number of likely N-dealkylation sites (N-methyl/N-ethyl adjacent to an activating group) is 1. The first-order chi connectivity index (χ1) is 14.3. The van der Waals surface area contributed by atoms with E-state index in [1.807, 2.05) is 6.92 Å². The van der Waals surface area contributed by atoms with Crippen molar-refractivity contribution in [2.45, 2.75) is 63.3 Å². The normalized spacial score (nSPS) is 15.9. The smallest absolute Gasteiger partial charge is 0.243 e. The second-order valence-corrected chi connectivity index (χ2v) is 9.96. The molecule has 1 aliphatic rings. The minimum Gasteiger partial charge on any atom is -0.355 e. The van der Waals surface area contributed by atoms with Crippen molar-refractivity contribution in [3.63, 3.8) is 0 Å². The van der Waals surface area contributed by atoms with Crippen molar-refractivity contribution in [1.29, 1.82) is 0 Å². The number of fused-ring (bicyclic) bond motifs is 1. The number of carbonyl (C=O) groups excluding carboxylic acids is 1. The van der Waals surface area contributed by atoms with Gasteiger partial charge in [-0.3, -0.25) is 4.79 Å². The number of benzene rings is 1. The van der Waals surface area contributed by atoms with Crippen molar-refractivity contribution in [2.75, 3.05) is 20.1 Å². The van der Waals surface area contributed by atoms with Gasteiger partial charge in [0.2, 0.25) is 15.9 Å². The van der Waals surface area contributed by atoms with E-state index in [0.717, 1.165) is 35.5 Å². The van der Waals surface area contributed by atoms with Gasteiger partial charge >= 0.3 is 0 Å². The number of carbonyl (C=O) groups is 1. The Kier molecular flexibility index (Phi) is 7.25. The van der Waals surface area contributed by atoms with Crippen molar-refractivity contribution < 1.29 is 13.2 Å². The van der Waals surface area contributed by atoms with Gasteiger partial charge in [-0.25, -0.2) is 13.1 Å². The summed E-state index contributed by atoms with van der Waals surface area (Å²) in [7, 11) is -2.39. The lowest BCUT2D eigenvalue weighted by Crippen LogP contribution is -2.38. The van der Waals surface area contributed by atoms with Crippen LogP contribution in [-0.4, -0.2) is 53.8 Å². The van der Waals surface area contributed by atoms with E-state index in [1.54, 1.807) is 16.8 Å². The highest BCUT2D eigenvalue weighted by Gasteiger charge is 2.24. The van der Waals surface area contributed by atoms with Crippen molar-refractivity contribution in [2.24, 2.45) is 0 Å². The molecule has 164 valence electrons. The maximum atomic E-state index is 12.9. The molecule has 1 amide bonds. The predicted octanol–water partition coefficient (Wildman–Crippen LogP) is 3.03. The Morgan fingerprint density at radius 3 is 2.83 bits per heavy atom. The quantitative estimate of drug-likeness (QED) is 0.613. The Balaban J connectivity index is 1.62. The number of nitrogens with zero attached hydrogens (tertiary/aromatic N) is 4. The zero-order valence-corrected chi connectivity index (χ0v) is 18.8. The van der Waals surface area contributed by atoms with Crippen molar-refractivity contribution in [3.05, 3.63) is 29.8 Å². The molecule has 0 fully saturated rings. The standard InChI is InChI=1S/C21H31N5O3S/c1-4-16(2)26-20-11-10-18(14-19(20)23-24-26)30(28,29)25(3)15-21(27)22-13-12-17-8-6-5-7-9-17/h8,10-11,14,16H,4-7,9,12-13,15H2,1-3H3,(H,22,27)/t16-/m0/s1. The highest BCUT2D eigenvalue weighted by atomic mass is 32.2. The minimum atomic E-state index is -3.80. The molecule has 30 heavy (non-hydrogen) atoms. The number of sulfonamides is 1. The molecule has 0 aliphatic heterocycles. The van der Waals surface area contributed by atoms with Crippen LogP contribution in [0, 0.1) is 0 Å². The third-order valence-corrected chi connectivity index (χ3v) is 7.48. The summed E-state index contributed by atoms with van der Waals surface area (Å²) in [6.07, 6.45) is 8.61. The van der Waals surface area contributed by atoms with Crippen LogP contribution >= 0.6 is 0 Å². The molecule has 0 radical (unpaired) electrons. The van der Waals surface area contributed by atoms with Crippen LogP contribution in [0.2, 0.25) is 0 Å². The summed E-state index contributed by atoms with van der Waals surface area (Å²) in [5.74, 6) is -0.304. The first-order valence-corrected chi connectivity index (χ1v) is 12.0. The van der Waals surface area contributed by atoms with E-state index in [2.05, 4.69) is 28.6 Å². The van der Waals surface area contributed by atoms with Crippen LogP contribution in [0.25, 0.3) is 11.0 Å². The number of nitrogens with one attached hydrogen (secondary N) is 1. The van der Waals surface area contributed by atoms with Crippen LogP contribution < -0.4 is 5.32 Å². The van der Waals surface area contributed by atoms with Gasteiger partial charge in [-0.05, 0) is 63.6 Å². The highest BCUT2D eigenvalue weighted by Crippen LogP contribution is 2.23. The Morgan fingerprint density at radius 2 is 2.13 bits per heavy atom. The van der Waals surface area contributed by atoms with Crippen LogP contribution in [-0.2, 0) is 14.8 Å². The monoisotopic (exact) mass is 433 g/mol. The van der Waals surface area contributed by atoms with Crippen molar-refractivity contribution in [3.8, 4) is 0 Å². The van der Waals surface area contributed by atoms with Crippen LogP contribution in [0.1, 0.15) is 58.4 Å². The van der Waals surface area contributed by atoms with E-state index in [4.69, 9.17) is 0 Å². The van der Waals surface area contributed by atoms with Gasteiger partial charge in [-0.2, -0.15) is 4.31 Å². The molecule has 0 bridgehead atoms. The third-order valence-electron chi connectivity index (χ3n) is 5.68. The van der Waals surface area contributed by atoms with Crippen LogP contribution in [0.15, 0.2) is 34.7 Å². The second-order valence-electron chi connectivity index (χ2n) is 7.91. The average Bonchev–Trinajstić information content (AvgIpc) is 3.17. The minimum absolute atomic E-state index is 0.105. The van der Waals surface area contributed by atoms with Crippen LogP contribution in [0.4, 0.5) is 0 Å². The number of hydrogen-bond donors (Lipinski definition) is 1. The number of hydrogen-bond acceptors (Lipinski definition) is 5. The van der Waals surface area contributed by atoms with Gasteiger partial charge in [0, 0.05) is 13.6 Å². The molecule has 1 atom stereocenters. The summed E-state index contributed by atoms with van der Waals surface area (Å²) in [4.78, 5) is 12.3. The van der Waals surface area contributed by atoms with Gasteiger partial charge in [-0.15, -0.1) is 5.10 Å². The topological polar surface area (TPSA) is 97.2 Å². The third kappa shape index (κ3) is 5.07. The zero-order chi connectivity index (χ0) is 21.7. The summed E-state index contributed by atoms with van der Waals surface area (Å²) in [5.41, 5.74) is 2.69. The Bertz CT molecular complexity index is 1030.